The summed E-state index contributed by atoms with van der Waals surface area (Å²) in [6.45, 7) is 2.78. The fourth-order valence-corrected chi connectivity index (χ4v) is 3.28. The van der Waals surface area contributed by atoms with Crippen LogP contribution >= 0.6 is 11.3 Å². The molecule has 0 radical (unpaired) electrons. The highest BCUT2D eigenvalue weighted by molar-refractivity contribution is 7.13. The number of aliphatic carboxylic acids is 1. The van der Waals surface area contributed by atoms with Gasteiger partial charge in [-0.2, -0.15) is 0 Å². The predicted octanol–water partition coefficient (Wildman–Crippen LogP) is 2.65. The van der Waals surface area contributed by atoms with E-state index in [-0.39, 0.29) is 11.8 Å². The van der Waals surface area contributed by atoms with Gasteiger partial charge in [0.1, 0.15) is 11.5 Å². The number of furan rings is 1. The van der Waals surface area contributed by atoms with E-state index < -0.39 is 5.97 Å². The Hall–Kier alpha value is -2.15. The van der Waals surface area contributed by atoms with Gasteiger partial charge in [0.15, 0.2) is 10.8 Å². The van der Waals surface area contributed by atoms with Crippen molar-refractivity contribution >= 4 is 23.2 Å². The van der Waals surface area contributed by atoms with Crippen molar-refractivity contribution in [3.8, 4) is 10.8 Å². The number of carbonyl (C=O) groups is 2. The number of carbonyl (C=O) groups excluding carboxylic acids is 1. The second-order valence-electron chi connectivity index (χ2n) is 5.35. The Labute approximate surface area is 131 Å². The van der Waals surface area contributed by atoms with Crippen LogP contribution in [-0.4, -0.2) is 40.0 Å². The molecular weight excluding hydrogens is 304 g/mol. The minimum atomic E-state index is -0.781. The molecule has 0 bridgehead atoms. The van der Waals surface area contributed by atoms with E-state index in [0.29, 0.717) is 42.4 Å². The van der Waals surface area contributed by atoms with Crippen molar-refractivity contribution in [2.24, 2.45) is 5.92 Å². The summed E-state index contributed by atoms with van der Waals surface area (Å²) < 4.78 is 5.51. The molecule has 6 nitrogen and oxygen atoms in total. The van der Waals surface area contributed by atoms with Gasteiger partial charge in [0.05, 0.1) is 5.92 Å². The lowest BCUT2D eigenvalue weighted by molar-refractivity contribution is -0.143. The number of thiazole rings is 1. The molecule has 1 amide bonds. The molecule has 0 unspecified atom stereocenters. The molecular formula is C15H16N2O4S. The molecule has 0 spiro atoms. The maximum Gasteiger partial charge on any atom is 0.306 e. The molecule has 22 heavy (non-hydrogen) atoms. The Balaban J connectivity index is 1.69. The van der Waals surface area contributed by atoms with Gasteiger partial charge in [-0.1, -0.05) is 0 Å². The number of amides is 1. The average Bonchev–Trinajstić information content (AvgIpc) is 3.15. The Morgan fingerprint density at radius 1 is 1.36 bits per heavy atom. The van der Waals surface area contributed by atoms with E-state index >= 15 is 0 Å². The van der Waals surface area contributed by atoms with Crippen molar-refractivity contribution in [2.45, 2.75) is 19.8 Å². The molecule has 7 heteroatoms. The fourth-order valence-electron chi connectivity index (χ4n) is 2.53. The van der Waals surface area contributed by atoms with E-state index in [9.17, 15) is 9.59 Å². The lowest BCUT2D eigenvalue weighted by Crippen LogP contribution is -2.40. The molecule has 0 aliphatic carbocycles. The van der Waals surface area contributed by atoms with Crippen LogP contribution in [0.4, 0.5) is 0 Å². The summed E-state index contributed by atoms with van der Waals surface area (Å²) in [5, 5.41) is 11.4. The number of rotatable bonds is 3. The van der Waals surface area contributed by atoms with Gasteiger partial charge in [0.25, 0.3) is 5.91 Å². The third-order valence-corrected chi connectivity index (χ3v) is 4.66. The van der Waals surface area contributed by atoms with Gasteiger partial charge < -0.3 is 14.4 Å². The van der Waals surface area contributed by atoms with Crippen LogP contribution in [0.2, 0.25) is 0 Å². The number of piperidine rings is 1. The first-order valence-electron chi connectivity index (χ1n) is 7.09. The van der Waals surface area contributed by atoms with Crippen LogP contribution in [0.25, 0.3) is 10.8 Å². The summed E-state index contributed by atoms with van der Waals surface area (Å²) in [5.41, 5.74) is 0.392. The molecule has 2 aromatic heterocycles. The van der Waals surface area contributed by atoms with Crippen molar-refractivity contribution in [3.05, 3.63) is 29.0 Å². The lowest BCUT2D eigenvalue weighted by Gasteiger charge is -2.29. The third kappa shape index (κ3) is 2.89. The van der Waals surface area contributed by atoms with Gasteiger partial charge in [0, 0.05) is 18.5 Å². The van der Waals surface area contributed by atoms with Crippen LogP contribution in [0.1, 0.15) is 29.1 Å². The van der Waals surface area contributed by atoms with Crippen LogP contribution in [-0.2, 0) is 4.79 Å². The normalized spacial score (nSPS) is 16.0. The van der Waals surface area contributed by atoms with Crippen LogP contribution in [0.15, 0.2) is 21.9 Å². The third-order valence-electron chi connectivity index (χ3n) is 3.81. The molecule has 0 atom stereocenters. The first kappa shape index (κ1) is 14.8. The number of aromatic nitrogens is 1. The molecule has 1 fully saturated rings. The summed E-state index contributed by atoms with van der Waals surface area (Å²) in [4.78, 5) is 29.4. The van der Waals surface area contributed by atoms with Gasteiger partial charge in [-0.15, -0.1) is 11.3 Å². The van der Waals surface area contributed by atoms with E-state index in [0.717, 1.165) is 5.76 Å². The highest BCUT2D eigenvalue weighted by Crippen LogP contribution is 2.27. The van der Waals surface area contributed by atoms with E-state index in [1.54, 1.807) is 10.3 Å². The molecule has 116 valence electrons. The van der Waals surface area contributed by atoms with E-state index in [1.165, 1.54) is 11.3 Å². The van der Waals surface area contributed by atoms with Crippen molar-refractivity contribution in [1.82, 2.24) is 9.88 Å². The van der Waals surface area contributed by atoms with Gasteiger partial charge >= 0.3 is 5.97 Å². The van der Waals surface area contributed by atoms with E-state index in [2.05, 4.69) is 4.98 Å². The standard InChI is InChI=1S/C15H16N2O4S/c1-9-2-3-12(21-9)13-16-11(8-22-13)14(18)17-6-4-10(5-7-17)15(19)20/h2-3,8,10H,4-7H2,1H3,(H,19,20). The quantitative estimate of drug-likeness (QED) is 0.940. The molecule has 1 N–H and O–H groups in total. The zero-order valence-corrected chi connectivity index (χ0v) is 12.9. The lowest BCUT2D eigenvalue weighted by atomic mass is 9.97. The smallest absolute Gasteiger partial charge is 0.306 e. The number of nitrogens with zero attached hydrogens (tertiary/aromatic N) is 2. The van der Waals surface area contributed by atoms with Gasteiger partial charge in [-0.05, 0) is 31.9 Å². The summed E-state index contributed by atoms with van der Waals surface area (Å²) in [6, 6.07) is 3.69. The monoisotopic (exact) mass is 320 g/mol. The predicted molar refractivity (Wildman–Crippen MR) is 80.8 cm³/mol. The molecule has 2 aromatic rings. The highest BCUT2D eigenvalue weighted by atomic mass is 32.1. The van der Waals surface area contributed by atoms with Gasteiger partial charge in [-0.25, -0.2) is 4.98 Å². The Morgan fingerprint density at radius 3 is 2.68 bits per heavy atom. The molecule has 1 aliphatic rings. The molecule has 3 heterocycles. The zero-order chi connectivity index (χ0) is 15.7. The van der Waals surface area contributed by atoms with E-state index in [4.69, 9.17) is 9.52 Å². The summed E-state index contributed by atoms with van der Waals surface area (Å²) in [6.07, 6.45) is 0.991. The largest absolute Gasteiger partial charge is 0.481 e. The molecule has 3 rings (SSSR count). The summed E-state index contributed by atoms with van der Waals surface area (Å²) in [7, 11) is 0. The second kappa shape index (κ2) is 5.92. The van der Waals surface area contributed by atoms with Crippen LogP contribution in [0.5, 0.6) is 0 Å². The molecule has 1 aliphatic heterocycles. The van der Waals surface area contributed by atoms with Gasteiger partial charge in [0.2, 0.25) is 0 Å². The second-order valence-corrected chi connectivity index (χ2v) is 6.21. The zero-order valence-electron chi connectivity index (χ0n) is 12.1. The van der Waals surface area contributed by atoms with E-state index in [1.807, 2.05) is 19.1 Å². The summed E-state index contributed by atoms with van der Waals surface area (Å²) >= 11 is 1.37. The number of carboxylic acid groups (broad SMARTS) is 1. The molecule has 1 saturated heterocycles. The van der Waals surface area contributed by atoms with Crippen LogP contribution < -0.4 is 0 Å². The number of hydrogen-bond acceptors (Lipinski definition) is 5. The highest BCUT2D eigenvalue weighted by Gasteiger charge is 2.28. The van der Waals surface area contributed by atoms with Crippen LogP contribution in [0, 0.1) is 12.8 Å². The Morgan fingerprint density at radius 2 is 2.09 bits per heavy atom. The topological polar surface area (TPSA) is 83.6 Å². The first-order chi connectivity index (χ1) is 10.5. The average molecular weight is 320 g/mol. The van der Waals surface area contributed by atoms with Crippen molar-refractivity contribution in [2.75, 3.05) is 13.1 Å². The molecule has 0 saturated carbocycles. The number of carboxylic acids is 1. The maximum atomic E-state index is 12.4. The fraction of sp³-hybridized carbons (Fsp3) is 0.400. The maximum absolute atomic E-state index is 12.4. The minimum Gasteiger partial charge on any atom is -0.481 e. The first-order valence-corrected chi connectivity index (χ1v) is 7.97. The minimum absolute atomic E-state index is 0.144. The van der Waals surface area contributed by atoms with Crippen molar-refractivity contribution < 1.29 is 19.1 Å². The molecule has 0 aromatic carbocycles. The number of likely N-dealkylation sites (tertiary alicyclic amines) is 1. The Kier molecular flexibility index (Phi) is 3.98. The van der Waals surface area contributed by atoms with Crippen LogP contribution in [0.3, 0.4) is 0 Å². The van der Waals surface area contributed by atoms with Crippen molar-refractivity contribution in [1.29, 1.82) is 0 Å². The number of hydrogen-bond donors (Lipinski definition) is 1. The Bertz CT molecular complexity index is 698. The number of aryl methyl sites for hydroxylation is 1. The van der Waals surface area contributed by atoms with Gasteiger partial charge in [-0.3, -0.25) is 9.59 Å². The SMILES string of the molecule is Cc1ccc(-c2nc(C(=O)N3CCC(C(=O)O)CC3)cs2)o1. The summed E-state index contributed by atoms with van der Waals surface area (Å²) in [5.74, 6) is 0.187. The van der Waals surface area contributed by atoms with Crippen molar-refractivity contribution in [3.63, 3.8) is 0 Å².